The maximum atomic E-state index is 12.8. The molecule has 0 heterocycles. The second-order valence-electron chi connectivity index (χ2n) is 8.13. The predicted molar refractivity (Wildman–Crippen MR) is 146 cm³/mol. The van der Waals surface area contributed by atoms with Crippen molar-refractivity contribution in [3.8, 4) is 11.5 Å². The van der Waals surface area contributed by atoms with Crippen molar-refractivity contribution in [2.45, 2.75) is 13.2 Å². The minimum absolute atomic E-state index is 0.289. The van der Waals surface area contributed by atoms with E-state index in [0.717, 1.165) is 11.1 Å². The zero-order valence-electron chi connectivity index (χ0n) is 20.6. The molecule has 0 unspecified atom stereocenters. The summed E-state index contributed by atoms with van der Waals surface area (Å²) in [5.74, 6) is 0.236. The maximum absolute atomic E-state index is 12.8. The summed E-state index contributed by atoms with van der Waals surface area (Å²) >= 11 is 5.93. The summed E-state index contributed by atoms with van der Waals surface area (Å²) in [5.41, 5.74) is 5.88. The smallest absolute Gasteiger partial charge is 0.337 e. The van der Waals surface area contributed by atoms with Crippen LogP contribution >= 0.6 is 11.6 Å². The minimum Gasteiger partial charge on any atom is -0.488 e. The van der Waals surface area contributed by atoms with Gasteiger partial charge in [0, 0.05) is 10.6 Å². The SMILES string of the molecule is COC(=O)c1ccc(COc2ccccc2/C=N/NC(=O)c2ccccc2OCc2ccc(Cl)cc2)cc1. The highest BCUT2D eigenvalue weighted by Gasteiger charge is 2.12. The summed E-state index contributed by atoms with van der Waals surface area (Å²) in [6.07, 6.45) is 1.52. The Kier molecular flexibility index (Phi) is 9.10. The molecule has 0 spiro atoms. The van der Waals surface area contributed by atoms with Crippen molar-refractivity contribution < 1.29 is 23.8 Å². The molecular formula is C30H25ClN2O5. The van der Waals surface area contributed by atoms with Crippen LogP contribution in [0.4, 0.5) is 0 Å². The number of nitrogens with one attached hydrogen (secondary N) is 1. The molecule has 4 aromatic carbocycles. The highest BCUT2D eigenvalue weighted by Crippen LogP contribution is 2.21. The van der Waals surface area contributed by atoms with E-state index in [9.17, 15) is 9.59 Å². The Morgan fingerprint density at radius 3 is 2.05 bits per heavy atom. The van der Waals surface area contributed by atoms with Crippen molar-refractivity contribution >= 4 is 29.7 Å². The average molecular weight is 529 g/mol. The first-order valence-corrected chi connectivity index (χ1v) is 12.1. The topological polar surface area (TPSA) is 86.2 Å². The van der Waals surface area contributed by atoms with Gasteiger partial charge in [0.05, 0.1) is 24.5 Å². The number of esters is 1. The van der Waals surface area contributed by atoms with Crippen molar-refractivity contribution in [2.75, 3.05) is 7.11 Å². The highest BCUT2D eigenvalue weighted by molar-refractivity contribution is 6.30. The van der Waals surface area contributed by atoms with Gasteiger partial charge in [0.1, 0.15) is 24.7 Å². The summed E-state index contributed by atoms with van der Waals surface area (Å²) in [5, 5.41) is 4.76. The zero-order valence-corrected chi connectivity index (χ0v) is 21.4. The van der Waals surface area contributed by atoms with E-state index in [1.807, 2.05) is 36.4 Å². The third kappa shape index (κ3) is 7.21. The first-order chi connectivity index (χ1) is 18.5. The van der Waals surface area contributed by atoms with Crippen LogP contribution in [0.25, 0.3) is 0 Å². The molecule has 0 fully saturated rings. The van der Waals surface area contributed by atoms with Gasteiger partial charge in [0.15, 0.2) is 0 Å². The molecule has 192 valence electrons. The summed E-state index contributed by atoms with van der Waals surface area (Å²) in [6, 6.07) is 28.6. The largest absolute Gasteiger partial charge is 0.488 e. The molecule has 0 aliphatic heterocycles. The fourth-order valence-electron chi connectivity index (χ4n) is 3.48. The number of hydrazone groups is 1. The van der Waals surface area contributed by atoms with Gasteiger partial charge < -0.3 is 14.2 Å². The number of nitrogens with zero attached hydrogens (tertiary/aromatic N) is 1. The summed E-state index contributed by atoms with van der Waals surface area (Å²) in [7, 11) is 1.34. The summed E-state index contributed by atoms with van der Waals surface area (Å²) in [6.45, 7) is 0.581. The molecular weight excluding hydrogens is 504 g/mol. The summed E-state index contributed by atoms with van der Waals surface area (Å²) < 4.78 is 16.5. The standard InChI is InChI=1S/C30H25ClN2O5/c1-36-30(35)23-14-10-21(11-15-23)19-37-27-8-4-2-6-24(27)18-32-33-29(34)26-7-3-5-9-28(26)38-20-22-12-16-25(31)17-13-22/h2-18H,19-20H2,1H3,(H,33,34)/b32-18+. The van der Waals surface area contributed by atoms with Gasteiger partial charge >= 0.3 is 5.97 Å². The lowest BCUT2D eigenvalue weighted by atomic mass is 10.1. The minimum atomic E-state index is -0.406. The molecule has 0 aromatic heterocycles. The number of hydrogen-bond acceptors (Lipinski definition) is 6. The highest BCUT2D eigenvalue weighted by atomic mass is 35.5. The Morgan fingerprint density at radius 1 is 0.789 bits per heavy atom. The van der Waals surface area contributed by atoms with Crippen LogP contribution in [0.5, 0.6) is 11.5 Å². The molecule has 0 saturated carbocycles. The van der Waals surface area contributed by atoms with E-state index < -0.39 is 11.9 Å². The van der Waals surface area contributed by atoms with E-state index in [2.05, 4.69) is 10.5 Å². The summed E-state index contributed by atoms with van der Waals surface area (Å²) in [4.78, 5) is 24.4. The number of para-hydroxylation sites is 2. The molecule has 38 heavy (non-hydrogen) atoms. The van der Waals surface area contributed by atoms with Gasteiger partial charge in [-0.2, -0.15) is 5.10 Å². The molecule has 0 radical (unpaired) electrons. The van der Waals surface area contributed by atoms with Crippen molar-refractivity contribution in [2.24, 2.45) is 5.10 Å². The monoisotopic (exact) mass is 528 g/mol. The van der Waals surface area contributed by atoms with Gasteiger partial charge in [-0.05, 0) is 59.7 Å². The molecule has 0 bridgehead atoms. The Balaban J connectivity index is 1.36. The lowest BCUT2D eigenvalue weighted by Gasteiger charge is -2.11. The van der Waals surface area contributed by atoms with Crippen LogP contribution in [0, 0.1) is 0 Å². The Morgan fingerprint density at radius 2 is 1.37 bits per heavy atom. The van der Waals surface area contributed by atoms with Crippen LogP contribution in [-0.2, 0) is 18.0 Å². The molecule has 1 amide bonds. The second kappa shape index (κ2) is 13.1. The lowest BCUT2D eigenvalue weighted by Crippen LogP contribution is -2.18. The molecule has 0 atom stereocenters. The normalized spacial score (nSPS) is 10.7. The maximum Gasteiger partial charge on any atom is 0.337 e. The van der Waals surface area contributed by atoms with Crippen LogP contribution in [0.15, 0.2) is 102 Å². The van der Waals surface area contributed by atoms with E-state index in [1.165, 1.54) is 13.3 Å². The molecule has 7 nitrogen and oxygen atoms in total. The Bertz CT molecular complexity index is 1420. The van der Waals surface area contributed by atoms with Crippen LogP contribution in [0.3, 0.4) is 0 Å². The molecule has 1 N–H and O–H groups in total. The number of hydrogen-bond donors (Lipinski definition) is 1. The quantitative estimate of drug-likeness (QED) is 0.154. The first kappa shape index (κ1) is 26.4. The lowest BCUT2D eigenvalue weighted by molar-refractivity contribution is 0.0600. The van der Waals surface area contributed by atoms with Crippen molar-refractivity contribution in [1.29, 1.82) is 0 Å². The molecule has 4 rings (SSSR count). The molecule has 8 heteroatoms. The Labute approximate surface area is 225 Å². The van der Waals surface area contributed by atoms with Gasteiger partial charge in [0.25, 0.3) is 5.91 Å². The fraction of sp³-hybridized carbons (Fsp3) is 0.100. The van der Waals surface area contributed by atoms with Gasteiger partial charge in [-0.1, -0.05) is 60.1 Å². The molecule has 0 saturated heterocycles. The number of halogens is 1. The number of amides is 1. The van der Waals surface area contributed by atoms with E-state index in [4.69, 9.17) is 25.8 Å². The third-order valence-electron chi connectivity index (χ3n) is 5.50. The molecule has 0 aliphatic carbocycles. The van der Waals surface area contributed by atoms with E-state index in [-0.39, 0.29) is 6.61 Å². The van der Waals surface area contributed by atoms with Gasteiger partial charge in [-0.15, -0.1) is 0 Å². The van der Waals surface area contributed by atoms with Gasteiger partial charge in [0.2, 0.25) is 0 Å². The van der Waals surface area contributed by atoms with Crippen molar-refractivity contribution in [1.82, 2.24) is 5.43 Å². The number of carbonyl (C=O) groups is 2. The van der Waals surface area contributed by atoms with E-state index in [1.54, 1.807) is 60.7 Å². The van der Waals surface area contributed by atoms with Crippen LogP contribution in [0.1, 0.15) is 37.4 Å². The number of rotatable bonds is 10. The fourth-order valence-corrected chi connectivity index (χ4v) is 3.60. The first-order valence-electron chi connectivity index (χ1n) is 11.7. The number of benzene rings is 4. The van der Waals surface area contributed by atoms with Crippen molar-refractivity contribution in [3.05, 3.63) is 130 Å². The predicted octanol–water partition coefficient (Wildman–Crippen LogP) is 6.05. The number of carbonyl (C=O) groups excluding carboxylic acids is 2. The number of methoxy groups -OCH3 is 1. The van der Waals surface area contributed by atoms with Gasteiger partial charge in [-0.25, -0.2) is 10.2 Å². The van der Waals surface area contributed by atoms with Crippen LogP contribution in [0.2, 0.25) is 5.02 Å². The Hall–Kier alpha value is -4.62. The van der Waals surface area contributed by atoms with E-state index >= 15 is 0 Å². The van der Waals surface area contributed by atoms with Crippen LogP contribution < -0.4 is 14.9 Å². The zero-order chi connectivity index (χ0) is 26.7. The second-order valence-corrected chi connectivity index (χ2v) is 8.56. The third-order valence-corrected chi connectivity index (χ3v) is 5.75. The van der Waals surface area contributed by atoms with E-state index in [0.29, 0.717) is 39.8 Å². The van der Waals surface area contributed by atoms with Crippen LogP contribution in [-0.4, -0.2) is 25.2 Å². The number of ether oxygens (including phenoxy) is 3. The molecule has 4 aromatic rings. The van der Waals surface area contributed by atoms with Crippen molar-refractivity contribution in [3.63, 3.8) is 0 Å². The van der Waals surface area contributed by atoms with Gasteiger partial charge in [-0.3, -0.25) is 4.79 Å². The molecule has 0 aliphatic rings. The average Bonchev–Trinajstić information content (AvgIpc) is 2.96.